The summed E-state index contributed by atoms with van der Waals surface area (Å²) in [6.45, 7) is 5.66. The summed E-state index contributed by atoms with van der Waals surface area (Å²) >= 11 is 0. The van der Waals surface area contributed by atoms with Crippen LogP contribution in [0.3, 0.4) is 0 Å². The molecule has 0 unspecified atom stereocenters. The largest absolute Gasteiger partial charge is 0.430 e. The van der Waals surface area contributed by atoms with Gasteiger partial charge in [0.1, 0.15) is 0 Å². The van der Waals surface area contributed by atoms with E-state index in [0.29, 0.717) is 18.7 Å². The van der Waals surface area contributed by atoms with Crippen molar-refractivity contribution in [2.45, 2.75) is 45.1 Å². The van der Waals surface area contributed by atoms with Crippen molar-refractivity contribution < 1.29 is 31.1 Å². The molecule has 0 spiro atoms. The molecule has 0 bridgehead atoms. The second-order valence-electron chi connectivity index (χ2n) is 5.83. The molecule has 0 heterocycles. The lowest BCUT2D eigenvalue weighted by molar-refractivity contribution is -0.389. The number of likely N-dealkylation sites (N-methyl/N-ethyl adjacent to an activating group) is 1. The van der Waals surface area contributed by atoms with Crippen molar-refractivity contribution in [2.24, 2.45) is 0 Å². The monoisotopic (exact) mass is 371 g/mol. The summed E-state index contributed by atoms with van der Waals surface area (Å²) in [5, 5.41) is 0. The highest BCUT2D eigenvalue weighted by molar-refractivity contribution is 5.30. The topological polar surface area (TPSA) is 12.5 Å². The Bertz CT molecular complexity index is 509. The maximum Gasteiger partial charge on any atom is 0.430 e. The summed E-state index contributed by atoms with van der Waals surface area (Å²) < 4.78 is 85.9. The lowest BCUT2D eigenvalue weighted by atomic mass is 9.91. The first-order chi connectivity index (χ1) is 11.5. The van der Waals surface area contributed by atoms with Crippen LogP contribution in [0.15, 0.2) is 24.3 Å². The van der Waals surface area contributed by atoms with E-state index in [1.165, 1.54) is 12.1 Å². The summed E-state index contributed by atoms with van der Waals surface area (Å²) in [5.41, 5.74) is -4.74. The van der Waals surface area contributed by atoms with Gasteiger partial charge >= 0.3 is 12.4 Å². The first-order valence-corrected chi connectivity index (χ1v) is 8.06. The standard InChI is InChI=1S/C17H23F6NO/c1-4-10-24(5-2)11-12-25-15(16(18,19)20,17(21,22)23)14-8-6-13(3)7-9-14/h6-9H,4-5,10-12H2,1-3H3. The number of halogens is 6. The van der Waals surface area contributed by atoms with Gasteiger partial charge in [-0.15, -0.1) is 0 Å². The van der Waals surface area contributed by atoms with Crippen molar-refractivity contribution >= 4 is 0 Å². The summed E-state index contributed by atoms with van der Waals surface area (Å²) in [6.07, 6.45) is -10.5. The zero-order chi connectivity index (χ0) is 19.3. The Morgan fingerprint density at radius 1 is 0.880 bits per heavy atom. The number of rotatable bonds is 8. The minimum absolute atomic E-state index is 0.00981. The fourth-order valence-corrected chi connectivity index (χ4v) is 2.60. The molecule has 1 aromatic carbocycles. The van der Waals surface area contributed by atoms with Gasteiger partial charge in [0.2, 0.25) is 0 Å². The highest BCUT2D eigenvalue weighted by atomic mass is 19.4. The van der Waals surface area contributed by atoms with Gasteiger partial charge in [0.25, 0.3) is 5.60 Å². The molecular formula is C17H23F6NO. The first kappa shape index (κ1) is 21.8. The van der Waals surface area contributed by atoms with E-state index in [9.17, 15) is 26.3 Å². The molecule has 0 aliphatic heterocycles. The molecule has 25 heavy (non-hydrogen) atoms. The van der Waals surface area contributed by atoms with E-state index in [1.807, 2.05) is 6.92 Å². The van der Waals surface area contributed by atoms with Crippen LogP contribution in [0.1, 0.15) is 31.4 Å². The molecule has 0 aromatic heterocycles. The van der Waals surface area contributed by atoms with Crippen LogP contribution in [0.25, 0.3) is 0 Å². The van der Waals surface area contributed by atoms with Gasteiger partial charge in [0, 0.05) is 12.1 Å². The van der Waals surface area contributed by atoms with Gasteiger partial charge in [-0.05, 0) is 26.4 Å². The minimum atomic E-state index is -5.64. The molecule has 2 nitrogen and oxygen atoms in total. The fourth-order valence-electron chi connectivity index (χ4n) is 2.60. The van der Waals surface area contributed by atoms with Gasteiger partial charge in [-0.2, -0.15) is 26.3 Å². The molecule has 144 valence electrons. The van der Waals surface area contributed by atoms with Crippen LogP contribution >= 0.6 is 0 Å². The van der Waals surface area contributed by atoms with Crippen molar-refractivity contribution in [2.75, 3.05) is 26.2 Å². The summed E-state index contributed by atoms with van der Waals surface area (Å²) in [7, 11) is 0. The second-order valence-corrected chi connectivity index (χ2v) is 5.83. The minimum Gasteiger partial charge on any atom is -0.353 e. The van der Waals surface area contributed by atoms with E-state index in [0.717, 1.165) is 18.6 Å². The maximum atomic E-state index is 13.6. The maximum absolute atomic E-state index is 13.6. The molecule has 8 heteroatoms. The van der Waals surface area contributed by atoms with Gasteiger partial charge in [-0.1, -0.05) is 43.7 Å². The molecule has 0 atom stereocenters. The van der Waals surface area contributed by atoms with Gasteiger partial charge < -0.3 is 9.64 Å². The smallest absolute Gasteiger partial charge is 0.353 e. The van der Waals surface area contributed by atoms with E-state index < -0.39 is 30.1 Å². The third kappa shape index (κ3) is 4.88. The number of hydrogen-bond donors (Lipinski definition) is 0. The van der Waals surface area contributed by atoms with Crippen molar-refractivity contribution in [3.63, 3.8) is 0 Å². The molecule has 0 saturated heterocycles. The van der Waals surface area contributed by atoms with Crippen LogP contribution in [0.5, 0.6) is 0 Å². The van der Waals surface area contributed by atoms with E-state index in [2.05, 4.69) is 4.74 Å². The summed E-state index contributed by atoms with van der Waals surface area (Å²) in [6, 6.07) is 4.06. The predicted octanol–water partition coefficient (Wildman–Crippen LogP) is 5.06. The van der Waals surface area contributed by atoms with Crippen LogP contribution in [-0.4, -0.2) is 43.5 Å². The molecule has 0 fully saturated rings. The van der Waals surface area contributed by atoms with E-state index in [1.54, 1.807) is 18.7 Å². The van der Waals surface area contributed by atoms with E-state index in [4.69, 9.17) is 0 Å². The van der Waals surface area contributed by atoms with Crippen molar-refractivity contribution in [1.29, 1.82) is 0 Å². The predicted molar refractivity (Wildman–Crippen MR) is 83.3 cm³/mol. The number of hydrogen-bond acceptors (Lipinski definition) is 2. The average molecular weight is 371 g/mol. The number of benzene rings is 1. The van der Waals surface area contributed by atoms with Gasteiger partial charge in [0.05, 0.1) is 6.61 Å². The third-order valence-electron chi connectivity index (χ3n) is 3.97. The molecule has 0 N–H and O–H groups in total. The van der Waals surface area contributed by atoms with Gasteiger partial charge in [-0.25, -0.2) is 0 Å². The number of nitrogens with zero attached hydrogens (tertiary/aromatic N) is 1. The summed E-state index contributed by atoms with van der Waals surface area (Å²) in [4.78, 5) is 1.74. The summed E-state index contributed by atoms with van der Waals surface area (Å²) in [5.74, 6) is 0. The van der Waals surface area contributed by atoms with Gasteiger partial charge in [-0.3, -0.25) is 0 Å². The number of ether oxygens (including phenoxy) is 1. The Labute approximate surface area is 143 Å². The van der Waals surface area contributed by atoms with Crippen LogP contribution in [-0.2, 0) is 10.3 Å². The molecule has 0 aliphatic carbocycles. The lowest BCUT2D eigenvalue weighted by Gasteiger charge is -2.38. The Morgan fingerprint density at radius 3 is 1.80 bits per heavy atom. The highest BCUT2D eigenvalue weighted by Crippen LogP contribution is 2.52. The second kappa shape index (κ2) is 8.40. The van der Waals surface area contributed by atoms with E-state index >= 15 is 0 Å². The molecule has 0 radical (unpaired) electrons. The third-order valence-corrected chi connectivity index (χ3v) is 3.97. The van der Waals surface area contributed by atoms with Gasteiger partial charge in [0.15, 0.2) is 0 Å². The molecule has 0 saturated carbocycles. The normalized spacial score (nSPS) is 13.5. The zero-order valence-electron chi connectivity index (χ0n) is 14.5. The number of alkyl halides is 6. The van der Waals surface area contributed by atoms with Crippen molar-refractivity contribution in [1.82, 2.24) is 4.90 Å². The Kier molecular flexibility index (Phi) is 7.31. The lowest BCUT2D eigenvalue weighted by Crippen LogP contribution is -2.56. The molecule has 0 aliphatic rings. The van der Waals surface area contributed by atoms with Crippen LogP contribution < -0.4 is 0 Å². The zero-order valence-corrected chi connectivity index (χ0v) is 14.5. The molecule has 1 rings (SSSR count). The fraction of sp³-hybridized carbons (Fsp3) is 0.647. The van der Waals surface area contributed by atoms with Crippen molar-refractivity contribution in [3.8, 4) is 0 Å². The van der Waals surface area contributed by atoms with Crippen LogP contribution in [0.4, 0.5) is 26.3 Å². The van der Waals surface area contributed by atoms with Crippen LogP contribution in [0.2, 0.25) is 0 Å². The van der Waals surface area contributed by atoms with E-state index in [-0.39, 0.29) is 6.54 Å². The van der Waals surface area contributed by atoms with Crippen molar-refractivity contribution in [3.05, 3.63) is 35.4 Å². The average Bonchev–Trinajstić information content (AvgIpc) is 2.49. The van der Waals surface area contributed by atoms with Crippen LogP contribution in [0, 0.1) is 6.92 Å². The first-order valence-electron chi connectivity index (χ1n) is 8.06. The molecule has 0 amide bonds. The molecular weight excluding hydrogens is 348 g/mol. The SMILES string of the molecule is CCCN(CC)CCOC(c1ccc(C)cc1)(C(F)(F)F)C(F)(F)F. The Hall–Kier alpha value is -1.28. The quantitative estimate of drug-likeness (QED) is 0.592. The molecule has 1 aromatic rings. The Morgan fingerprint density at radius 2 is 1.40 bits per heavy atom. The number of aryl methyl sites for hydroxylation is 1. The highest BCUT2D eigenvalue weighted by Gasteiger charge is 2.73. The Balaban J connectivity index is 3.21.